The molecule has 3 N–H and O–H groups in total. The van der Waals surface area contributed by atoms with Gasteiger partial charge in [-0.3, -0.25) is 9.59 Å². The monoisotopic (exact) mass is 480 g/mol. The quantitative estimate of drug-likeness (QED) is 0.534. The van der Waals surface area contributed by atoms with Crippen LogP contribution in [0.4, 0.5) is 4.79 Å². The van der Waals surface area contributed by atoms with Gasteiger partial charge in [-0.15, -0.1) is 0 Å². The third kappa shape index (κ3) is 4.89. The van der Waals surface area contributed by atoms with Crippen LogP contribution >= 0.6 is 0 Å². The SMILES string of the molecule is CC(C)C(CNC(=O)C1(C)COCC1NC(=O)OCC1c2ccccc2-c2ccccc21)C(=O)O. The van der Waals surface area contributed by atoms with Gasteiger partial charge in [-0.25, -0.2) is 4.79 Å². The number of fused-ring (bicyclic) bond motifs is 3. The molecule has 0 aromatic heterocycles. The highest BCUT2D eigenvalue weighted by molar-refractivity contribution is 5.85. The van der Waals surface area contributed by atoms with E-state index in [2.05, 4.69) is 34.9 Å². The molecule has 1 aliphatic heterocycles. The number of carboxylic acids is 1. The summed E-state index contributed by atoms with van der Waals surface area (Å²) >= 11 is 0. The topological polar surface area (TPSA) is 114 Å². The number of hydrogen-bond donors (Lipinski definition) is 3. The van der Waals surface area contributed by atoms with Gasteiger partial charge in [0.25, 0.3) is 0 Å². The van der Waals surface area contributed by atoms with Crippen molar-refractivity contribution in [2.24, 2.45) is 17.3 Å². The van der Waals surface area contributed by atoms with Gasteiger partial charge in [0.2, 0.25) is 5.91 Å². The maximum atomic E-state index is 13.0. The van der Waals surface area contributed by atoms with Gasteiger partial charge < -0.3 is 25.2 Å². The first kappa shape index (κ1) is 24.7. The first-order valence-electron chi connectivity index (χ1n) is 11.9. The van der Waals surface area contributed by atoms with Crippen molar-refractivity contribution in [3.05, 3.63) is 59.7 Å². The molecule has 0 bridgehead atoms. The summed E-state index contributed by atoms with van der Waals surface area (Å²) in [5, 5.41) is 14.9. The van der Waals surface area contributed by atoms with Crippen molar-refractivity contribution in [3.8, 4) is 11.1 Å². The molecular weight excluding hydrogens is 448 g/mol. The fourth-order valence-corrected chi connectivity index (χ4v) is 4.89. The van der Waals surface area contributed by atoms with Crippen molar-refractivity contribution >= 4 is 18.0 Å². The molecule has 4 rings (SSSR count). The number of hydrogen-bond acceptors (Lipinski definition) is 5. The highest BCUT2D eigenvalue weighted by Gasteiger charge is 2.47. The Morgan fingerprint density at radius 2 is 1.69 bits per heavy atom. The summed E-state index contributed by atoms with van der Waals surface area (Å²) in [5.74, 6) is -2.20. The Labute approximate surface area is 205 Å². The Kier molecular flexibility index (Phi) is 7.12. The fourth-order valence-electron chi connectivity index (χ4n) is 4.89. The van der Waals surface area contributed by atoms with E-state index in [1.165, 1.54) is 0 Å². The molecule has 1 aliphatic carbocycles. The average molecular weight is 481 g/mol. The third-order valence-corrected chi connectivity index (χ3v) is 7.21. The molecule has 1 fully saturated rings. The molecule has 8 nitrogen and oxygen atoms in total. The minimum atomic E-state index is -1.04. The van der Waals surface area contributed by atoms with Gasteiger partial charge in [0.1, 0.15) is 6.61 Å². The summed E-state index contributed by atoms with van der Waals surface area (Å²) < 4.78 is 11.1. The fraction of sp³-hybridized carbons (Fsp3) is 0.444. The van der Waals surface area contributed by atoms with Gasteiger partial charge in [-0.05, 0) is 35.1 Å². The van der Waals surface area contributed by atoms with Gasteiger partial charge in [0.15, 0.2) is 0 Å². The van der Waals surface area contributed by atoms with Gasteiger partial charge in [-0.2, -0.15) is 0 Å². The molecular formula is C27H32N2O6. The number of aliphatic carboxylic acids is 1. The van der Waals surface area contributed by atoms with E-state index < -0.39 is 29.4 Å². The Morgan fingerprint density at radius 1 is 1.09 bits per heavy atom. The van der Waals surface area contributed by atoms with Crippen LogP contribution in [0.3, 0.4) is 0 Å². The number of carbonyl (C=O) groups is 3. The number of amides is 2. The third-order valence-electron chi connectivity index (χ3n) is 7.21. The zero-order valence-corrected chi connectivity index (χ0v) is 20.2. The van der Waals surface area contributed by atoms with Crippen molar-refractivity contribution in [2.45, 2.75) is 32.7 Å². The zero-order chi connectivity index (χ0) is 25.2. The first-order valence-corrected chi connectivity index (χ1v) is 11.9. The average Bonchev–Trinajstić information content (AvgIpc) is 3.35. The first-order chi connectivity index (χ1) is 16.7. The Balaban J connectivity index is 1.37. The molecule has 0 spiro atoms. The Morgan fingerprint density at radius 3 is 2.26 bits per heavy atom. The van der Waals surface area contributed by atoms with Crippen LogP contribution in [-0.2, 0) is 19.1 Å². The highest BCUT2D eigenvalue weighted by Crippen LogP contribution is 2.44. The molecule has 2 aromatic carbocycles. The standard InChI is InChI=1S/C27H32N2O6/c1-16(2)21(24(30)31)12-28-25(32)27(3)15-34-14-23(27)29-26(33)35-13-22-19-10-6-4-8-17(19)18-9-5-7-11-20(18)22/h4-11,16,21-23H,12-15H2,1-3H3,(H,28,32)(H,29,33)(H,30,31). The Hall–Kier alpha value is -3.39. The van der Waals surface area contributed by atoms with Crippen LogP contribution in [0.25, 0.3) is 11.1 Å². The van der Waals surface area contributed by atoms with E-state index in [1.807, 2.05) is 24.3 Å². The number of alkyl carbamates (subject to hydrolysis) is 1. The maximum absolute atomic E-state index is 13.0. The van der Waals surface area contributed by atoms with Crippen molar-refractivity contribution in [1.29, 1.82) is 0 Å². The number of nitrogens with one attached hydrogen (secondary N) is 2. The number of carbonyl (C=O) groups excluding carboxylic acids is 2. The summed E-state index contributed by atoms with van der Waals surface area (Å²) in [6.45, 7) is 5.77. The number of benzene rings is 2. The normalized spacial score (nSPS) is 21.8. The van der Waals surface area contributed by atoms with Gasteiger partial charge in [-0.1, -0.05) is 62.4 Å². The summed E-state index contributed by atoms with van der Waals surface area (Å²) in [6, 6.07) is 15.6. The largest absolute Gasteiger partial charge is 0.481 e. The van der Waals surface area contributed by atoms with E-state index in [9.17, 15) is 19.5 Å². The van der Waals surface area contributed by atoms with E-state index in [4.69, 9.17) is 9.47 Å². The van der Waals surface area contributed by atoms with Crippen LogP contribution in [0.1, 0.15) is 37.8 Å². The molecule has 3 unspecified atom stereocenters. The van der Waals surface area contributed by atoms with E-state index in [-0.39, 0.29) is 44.1 Å². The molecule has 2 aromatic rings. The second-order valence-electron chi connectivity index (χ2n) is 9.85. The van der Waals surface area contributed by atoms with Crippen LogP contribution in [0.5, 0.6) is 0 Å². The van der Waals surface area contributed by atoms with Crippen LogP contribution < -0.4 is 10.6 Å². The maximum Gasteiger partial charge on any atom is 0.407 e. The second-order valence-corrected chi connectivity index (χ2v) is 9.85. The van der Waals surface area contributed by atoms with E-state index in [0.717, 1.165) is 22.3 Å². The molecule has 1 saturated heterocycles. The van der Waals surface area contributed by atoms with E-state index in [1.54, 1.807) is 20.8 Å². The molecule has 2 amide bonds. The predicted molar refractivity (Wildman–Crippen MR) is 130 cm³/mol. The van der Waals surface area contributed by atoms with Crippen LogP contribution in [0, 0.1) is 17.3 Å². The van der Waals surface area contributed by atoms with Gasteiger partial charge in [0.05, 0.1) is 30.6 Å². The van der Waals surface area contributed by atoms with E-state index >= 15 is 0 Å². The lowest BCUT2D eigenvalue weighted by Crippen LogP contribution is -2.54. The van der Waals surface area contributed by atoms with Crippen LogP contribution in [0.15, 0.2) is 48.5 Å². The highest BCUT2D eigenvalue weighted by atomic mass is 16.5. The zero-order valence-electron chi connectivity index (χ0n) is 20.2. The molecule has 2 aliphatic rings. The number of ether oxygens (including phenoxy) is 2. The van der Waals surface area contributed by atoms with Gasteiger partial charge >= 0.3 is 12.1 Å². The lowest BCUT2D eigenvalue weighted by Gasteiger charge is -2.29. The molecule has 3 atom stereocenters. The van der Waals surface area contributed by atoms with Gasteiger partial charge in [0, 0.05) is 12.5 Å². The van der Waals surface area contributed by atoms with Crippen LogP contribution in [-0.4, -0.2) is 55.5 Å². The summed E-state index contributed by atoms with van der Waals surface area (Å²) in [5.41, 5.74) is 3.49. The van der Waals surface area contributed by atoms with Crippen molar-refractivity contribution < 1.29 is 29.0 Å². The minimum absolute atomic E-state index is 0.0130. The summed E-state index contributed by atoms with van der Waals surface area (Å²) in [7, 11) is 0. The molecule has 8 heteroatoms. The molecule has 186 valence electrons. The van der Waals surface area contributed by atoms with Crippen LogP contribution in [0.2, 0.25) is 0 Å². The summed E-state index contributed by atoms with van der Waals surface area (Å²) in [4.78, 5) is 37.2. The molecule has 0 saturated carbocycles. The minimum Gasteiger partial charge on any atom is -0.481 e. The lowest BCUT2D eigenvalue weighted by molar-refractivity contribution is -0.143. The number of carboxylic acid groups (broad SMARTS) is 1. The van der Waals surface area contributed by atoms with Crippen molar-refractivity contribution in [3.63, 3.8) is 0 Å². The summed E-state index contributed by atoms with van der Waals surface area (Å²) in [6.07, 6.45) is -0.619. The molecule has 1 heterocycles. The van der Waals surface area contributed by atoms with Crippen molar-refractivity contribution in [2.75, 3.05) is 26.4 Å². The lowest BCUT2D eigenvalue weighted by atomic mass is 9.84. The number of rotatable bonds is 8. The molecule has 0 radical (unpaired) electrons. The van der Waals surface area contributed by atoms with Crippen molar-refractivity contribution in [1.82, 2.24) is 10.6 Å². The molecule has 35 heavy (non-hydrogen) atoms. The second kappa shape index (κ2) is 10.1. The predicted octanol–water partition coefficient (Wildman–Crippen LogP) is 3.40. The van der Waals surface area contributed by atoms with E-state index in [0.29, 0.717) is 0 Å². The smallest absolute Gasteiger partial charge is 0.407 e. The Bertz CT molecular complexity index is 1070.